The van der Waals surface area contributed by atoms with Crippen LogP contribution in [0.15, 0.2) is 0 Å². The van der Waals surface area contributed by atoms with Gasteiger partial charge in [0.05, 0.1) is 0 Å². The molecular weight excluding hydrogens is 150 g/mol. The first-order valence-electron chi connectivity index (χ1n) is 4.98. The molecule has 1 heterocycles. The maximum atomic E-state index is 11.4. The first kappa shape index (κ1) is 8.24. The molecule has 2 atom stereocenters. The van der Waals surface area contributed by atoms with Crippen molar-refractivity contribution in [2.45, 2.75) is 45.2 Å². The zero-order valence-electron chi connectivity index (χ0n) is 7.92. The van der Waals surface area contributed by atoms with Crippen LogP contribution in [0.4, 0.5) is 0 Å². The first-order valence-corrected chi connectivity index (χ1v) is 4.98. The second-order valence-corrected chi connectivity index (χ2v) is 4.21. The molecule has 0 aromatic carbocycles. The lowest BCUT2D eigenvalue weighted by molar-refractivity contribution is -0.128. The molecule has 12 heavy (non-hydrogen) atoms. The van der Waals surface area contributed by atoms with Crippen LogP contribution in [-0.2, 0) is 4.79 Å². The summed E-state index contributed by atoms with van der Waals surface area (Å²) >= 11 is 0. The summed E-state index contributed by atoms with van der Waals surface area (Å²) < 4.78 is 0. The zero-order chi connectivity index (χ0) is 8.72. The summed E-state index contributed by atoms with van der Waals surface area (Å²) in [5.41, 5.74) is 0. The second kappa shape index (κ2) is 2.84. The maximum Gasteiger partial charge on any atom is 0.138 e. The third-order valence-corrected chi connectivity index (χ3v) is 3.39. The van der Waals surface area contributed by atoms with E-state index in [1.807, 2.05) is 0 Å². The lowest BCUT2D eigenvalue weighted by Crippen LogP contribution is -2.47. The van der Waals surface area contributed by atoms with Crippen molar-refractivity contribution < 1.29 is 4.79 Å². The van der Waals surface area contributed by atoms with Gasteiger partial charge in [-0.1, -0.05) is 6.92 Å². The van der Waals surface area contributed by atoms with Gasteiger partial charge in [0.25, 0.3) is 0 Å². The van der Waals surface area contributed by atoms with Crippen molar-refractivity contribution in [3.8, 4) is 0 Å². The highest BCUT2D eigenvalue weighted by Crippen LogP contribution is 2.33. The molecule has 1 saturated carbocycles. The lowest BCUT2D eigenvalue weighted by Gasteiger charge is -2.37. The van der Waals surface area contributed by atoms with Crippen molar-refractivity contribution >= 4 is 5.78 Å². The van der Waals surface area contributed by atoms with Gasteiger partial charge in [-0.05, 0) is 19.8 Å². The number of carbonyl (C=O) groups is 1. The van der Waals surface area contributed by atoms with E-state index < -0.39 is 0 Å². The third kappa shape index (κ3) is 1.28. The summed E-state index contributed by atoms with van der Waals surface area (Å²) in [6, 6.07) is 1.30. The SMILES string of the molecule is C[C@@H]1C(=O)CCN(C2CC2)[C@H]1C. The fourth-order valence-electron chi connectivity index (χ4n) is 2.15. The van der Waals surface area contributed by atoms with E-state index in [2.05, 4.69) is 18.7 Å². The number of rotatable bonds is 1. The van der Waals surface area contributed by atoms with Gasteiger partial charge in [-0.15, -0.1) is 0 Å². The Bertz CT molecular complexity index is 198. The molecule has 0 amide bonds. The van der Waals surface area contributed by atoms with Gasteiger partial charge < -0.3 is 0 Å². The van der Waals surface area contributed by atoms with Crippen LogP contribution < -0.4 is 0 Å². The highest BCUT2D eigenvalue weighted by Gasteiger charge is 2.38. The van der Waals surface area contributed by atoms with Crippen molar-refractivity contribution in [3.05, 3.63) is 0 Å². The molecule has 2 fully saturated rings. The van der Waals surface area contributed by atoms with Crippen molar-refractivity contribution in [3.63, 3.8) is 0 Å². The van der Waals surface area contributed by atoms with Crippen molar-refractivity contribution in [2.24, 2.45) is 5.92 Å². The van der Waals surface area contributed by atoms with Crippen LogP contribution in [0.5, 0.6) is 0 Å². The van der Waals surface area contributed by atoms with Gasteiger partial charge in [0, 0.05) is 31.0 Å². The average molecular weight is 167 g/mol. The molecule has 1 aliphatic carbocycles. The summed E-state index contributed by atoms with van der Waals surface area (Å²) in [4.78, 5) is 13.9. The minimum absolute atomic E-state index is 0.263. The van der Waals surface area contributed by atoms with Crippen LogP contribution >= 0.6 is 0 Å². The van der Waals surface area contributed by atoms with Crippen LogP contribution in [0.2, 0.25) is 0 Å². The van der Waals surface area contributed by atoms with E-state index >= 15 is 0 Å². The molecule has 2 nitrogen and oxygen atoms in total. The normalized spacial score (nSPS) is 38.7. The highest BCUT2D eigenvalue weighted by molar-refractivity contribution is 5.82. The molecule has 0 bridgehead atoms. The number of Topliss-reactive ketones (excluding diaryl/α,β-unsaturated/α-hetero) is 1. The third-order valence-electron chi connectivity index (χ3n) is 3.39. The van der Waals surface area contributed by atoms with Gasteiger partial charge in [-0.2, -0.15) is 0 Å². The standard InChI is InChI=1S/C10H17NO/c1-7-8(2)11(9-3-4-9)6-5-10(7)12/h7-9H,3-6H2,1-2H3/t7-,8-/m0/s1. The van der Waals surface area contributed by atoms with Crippen LogP contribution in [0.25, 0.3) is 0 Å². The van der Waals surface area contributed by atoms with E-state index in [-0.39, 0.29) is 5.92 Å². The molecule has 2 heteroatoms. The minimum Gasteiger partial charge on any atom is -0.299 e. The van der Waals surface area contributed by atoms with Gasteiger partial charge in [0.15, 0.2) is 0 Å². The van der Waals surface area contributed by atoms with Crippen LogP contribution in [0.1, 0.15) is 33.1 Å². The van der Waals surface area contributed by atoms with Crippen molar-refractivity contribution in [1.82, 2.24) is 4.90 Å². The fraction of sp³-hybridized carbons (Fsp3) is 0.900. The second-order valence-electron chi connectivity index (χ2n) is 4.21. The van der Waals surface area contributed by atoms with Crippen LogP contribution in [0, 0.1) is 5.92 Å². The number of hydrogen-bond acceptors (Lipinski definition) is 2. The molecular formula is C10H17NO. The van der Waals surface area contributed by atoms with E-state index in [0.29, 0.717) is 11.8 Å². The molecule has 1 aliphatic heterocycles. The molecule has 2 rings (SSSR count). The molecule has 2 aliphatic rings. The number of piperidine rings is 1. The number of carbonyl (C=O) groups excluding carboxylic acids is 1. The largest absolute Gasteiger partial charge is 0.299 e. The summed E-state index contributed by atoms with van der Waals surface area (Å²) in [6.07, 6.45) is 3.48. The monoisotopic (exact) mass is 167 g/mol. The zero-order valence-corrected chi connectivity index (χ0v) is 7.92. The quantitative estimate of drug-likeness (QED) is 0.589. The first-order chi connectivity index (χ1) is 5.70. The Balaban J connectivity index is 2.03. The van der Waals surface area contributed by atoms with E-state index in [1.54, 1.807) is 0 Å². The molecule has 0 N–H and O–H groups in total. The molecule has 68 valence electrons. The average Bonchev–Trinajstić information content (AvgIpc) is 2.84. The highest BCUT2D eigenvalue weighted by atomic mass is 16.1. The topological polar surface area (TPSA) is 20.3 Å². The number of hydrogen-bond donors (Lipinski definition) is 0. The Morgan fingerprint density at radius 3 is 2.58 bits per heavy atom. The molecule has 0 unspecified atom stereocenters. The summed E-state index contributed by atoms with van der Waals surface area (Å²) in [6.45, 7) is 5.27. The van der Waals surface area contributed by atoms with Gasteiger partial charge in [0.2, 0.25) is 0 Å². The van der Waals surface area contributed by atoms with Gasteiger partial charge in [-0.3, -0.25) is 9.69 Å². The fourth-order valence-corrected chi connectivity index (χ4v) is 2.15. The Morgan fingerprint density at radius 2 is 2.00 bits per heavy atom. The summed E-state index contributed by atoms with van der Waals surface area (Å²) in [5.74, 6) is 0.721. The molecule has 1 saturated heterocycles. The summed E-state index contributed by atoms with van der Waals surface area (Å²) in [5, 5.41) is 0. The van der Waals surface area contributed by atoms with Gasteiger partial charge >= 0.3 is 0 Å². The lowest BCUT2D eigenvalue weighted by atomic mass is 9.90. The number of likely N-dealkylation sites (tertiary alicyclic amines) is 1. The minimum atomic E-state index is 0.263. The van der Waals surface area contributed by atoms with E-state index in [0.717, 1.165) is 19.0 Å². The Morgan fingerprint density at radius 1 is 1.33 bits per heavy atom. The van der Waals surface area contributed by atoms with E-state index in [9.17, 15) is 4.79 Å². The van der Waals surface area contributed by atoms with E-state index in [1.165, 1.54) is 12.8 Å². The molecule has 0 aromatic heterocycles. The predicted molar refractivity (Wildman–Crippen MR) is 48.0 cm³/mol. The maximum absolute atomic E-state index is 11.4. The summed E-state index contributed by atoms with van der Waals surface area (Å²) in [7, 11) is 0. The predicted octanol–water partition coefficient (Wildman–Crippen LogP) is 1.45. The van der Waals surface area contributed by atoms with Crippen molar-refractivity contribution in [1.29, 1.82) is 0 Å². The van der Waals surface area contributed by atoms with Crippen molar-refractivity contribution in [2.75, 3.05) is 6.54 Å². The Hall–Kier alpha value is -0.370. The Labute approximate surface area is 73.9 Å². The van der Waals surface area contributed by atoms with E-state index in [4.69, 9.17) is 0 Å². The molecule has 0 aromatic rings. The smallest absolute Gasteiger partial charge is 0.138 e. The number of nitrogens with zero attached hydrogens (tertiary/aromatic N) is 1. The van der Waals surface area contributed by atoms with Crippen LogP contribution in [0.3, 0.4) is 0 Å². The Kier molecular flexibility index (Phi) is 1.95. The van der Waals surface area contributed by atoms with Crippen LogP contribution in [-0.4, -0.2) is 29.3 Å². The molecule has 0 spiro atoms. The molecule has 0 radical (unpaired) electrons. The number of ketones is 1. The van der Waals surface area contributed by atoms with Gasteiger partial charge in [0.1, 0.15) is 5.78 Å². The van der Waals surface area contributed by atoms with Gasteiger partial charge in [-0.25, -0.2) is 0 Å².